The summed E-state index contributed by atoms with van der Waals surface area (Å²) in [6.45, 7) is 1.01. The lowest BCUT2D eigenvalue weighted by molar-refractivity contribution is -0.183. The number of rotatable bonds is 12. The number of furan rings is 1. The maximum atomic E-state index is 13.4. The van der Waals surface area contributed by atoms with Gasteiger partial charge in [0.2, 0.25) is 6.29 Å². The Kier molecular flexibility index (Phi) is 7.97. The number of cyclic esters (lactones) is 1. The van der Waals surface area contributed by atoms with Crippen LogP contribution in [0.15, 0.2) is 83.4 Å². The van der Waals surface area contributed by atoms with Gasteiger partial charge in [-0.05, 0) is 62.4 Å². The zero-order valence-corrected chi connectivity index (χ0v) is 21.1. The highest BCUT2D eigenvalue weighted by Crippen LogP contribution is 2.32. The second-order valence-electron chi connectivity index (χ2n) is 9.49. The van der Waals surface area contributed by atoms with Gasteiger partial charge in [0, 0.05) is 35.7 Å². The first-order chi connectivity index (χ1) is 18.6. The van der Waals surface area contributed by atoms with Crippen LogP contribution in [-0.4, -0.2) is 40.8 Å². The number of hydrogen-bond donors (Lipinski definition) is 1. The summed E-state index contributed by atoms with van der Waals surface area (Å²) in [5, 5.41) is 9.38. The fraction of sp³-hybridized carbons (Fsp3) is 0.333. The van der Waals surface area contributed by atoms with Crippen LogP contribution in [-0.2, 0) is 20.8 Å². The average Bonchev–Trinajstić information content (AvgIpc) is 3.61. The first-order valence-corrected chi connectivity index (χ1v) is 13.0. The van der Waals surface area contributed by atoms with Gasteiger partial charge in [0.25, 0.3) is 11.9 Å². The summed E-state index contributed by atoms with van der Waals surface area (Å²) >= 11 is 0. The maximum absolute atomic E-state index is 13.4. The molecule has 1 atom stereocenters. The third-order valence-electron chi connectivity index (χ3n) is 6.58. The molecule has 1 aliphatic heterocycles. The number of amides is 1. The van der Waals surface area contributed by atoms with Crippen LogP contribution in [0.2, 0.25) is 0 Å². The molecule has 0 spiro atoms. The molecule has 198 valence electrons. The van der Waals surface area contributed by atoms with Gasteiger partial charge in [-0.25, -0.2) is 4.79 Å². The number of unbranched alkanes of at least 4 members (excludes halogenated alkanes) is 2. The summed E-state index contributed by atoms with van der Waals surface area (Å²) in [6, 6.07) is 19.4. The van der Waals surface area contributed by atoms with Crippen LogP contribution >= 0.6 is 0 Å². The van der Waals surface area contributed by atoms with Crippen LogP contribution in [0, 0.1) is 0 Å². The van der Waals surface area contributed by atoms with E-state index in [0.29, 0.717) is 25.1 Å². The van der Waals surface area contributed by atoms with Gasteiger partial charge in [-0.2, -0.15) is 0 Å². The van der Waals surface area contributed by atoms with Crippen LogP contribution in [0.5, 0.6) is 5.75 Å². The van der Waals surface area contributed by atoms with Gasteiger partial charge in [-0.1, -0.05) is 30.3 Å². The normalized spacial score (nSPS) is 16.8. The second kappa shape index (κ2) is 11.9. The molecule has 1 aromatic heterocycles. The Morgan fingerprint density at radius 1 is 0.974 bits per heavy atom. The molecule has 2 heterocycles. The third kappa shape index (κ3) is 6.56. The number of benzene rings is 2. The molecule has 5 rings (SSSR count). The summed E-state index contributed by atoms with van der Waals surface area (Å²) in [7, 11) is 0. The van der Waals surface area contributed by atoms with E-state index in [2.05, 4.69) is 0 Å². The van der Waals surface area contributed by atoms with Gasteiger partial charge < -0.3 is 28.6 Å². The Bertz CT molecular complexity index is 1260. The fourth-order valence-corrected chi connectivity index (χ4v) is 4.44. The van der Waals surface area contributed by atoms with Crippen molar-refractivity contribution in [2.45, 2.75) is 57.4 Å². The van der Waals surface area contributed by atoms with Gasteiger partial charge in [0.1, 0.15) is 17.6 Å². The van der Waals surface area contributed by atoms with Crippen LogP contribution in [0.3, 0.4) is 0 Å². The molecule has 2 aromatic carbocycles. The van der Waals surface area contributed by atoms with E-state index >= 15 is 0 Å². The fourth-order valence-electron chi connectivity index (χ4n) is 4.44. The highest BCUT2D eigenvalue weighted by Gasteiger charge is 2.33. The standard InChI is InChI=1S/C30H31NO7/c32-27-19-28(33)38-29(37-27)10-2-1-5-17-35-26-8-4-3-7-23(26)20-31(24-15-16-24)30(34)22-13-11-21(12-14-22)25-9-6-18-36-25/h3-4,6-9,11-14,18-19,24,29,32H,1-2,5,10,15-17,20H2. The lowest BCUT2D eigenvalue weighted by Crippen LogP contribution is -2.32. The molecule has 1 amide bonds. The van der Waals surface area contributed by atoms with E-state index in [1.807, 2.05) is 65.6 Å². The number of aliphatic hydroxyl groups excluding tert-OH is 1. The van der Waals surface area contributed by atoms with E-state index in [0.717, 1.165) is 60.8 Å². The Labute approximate surface area is 221 Å². The molecule has 0 saturated heterocycles. The van der Waals surface area contributed by atoms with E-state index in [1.54, 1.807) is 6.26 Å². The molecule has 1 N–H and O–H groups in total. The molecule has 1 unspecified atom stereocenters. The van der Waals surface area contributed by atoms with Crippen molar-refractivity contribution in [2.75, 3.05) is 6.61 Å². The molecule has 0 radical (unpaired) electrons. The van der Waals surface area contributed by atoms with Crippen molar-refractivity contribution in [3.63, 3.8) is 0 Å². The Hall–Kier alpha value is -4.20. The quantitative estimate of drug-likeness (QED) is 0.233. The number of ether oxygens (including phenoxy) is 3. The maximum Gasteiger partial charge on any atom is 0.341 e. The zero-order chi connectivity index (χ0) is 26.3. The highest BCUT2D eigenvalue weighted by atomic mass is 16.7. The van der Waals surface area contributed by atoms with Crippen molar-refractivity contribution in [3.8, 4) is 17.1 Å². The smallest absolute Gasteiger partial charge is 0.341 e. The van der Waals surface area contributed by atoms with Crippen molar-refractivity contribution < 1.29 is 33.3 Å². The van der Waals surface area contributed by atoms with Crippen LogP contribution in [0.25, 0.3) is 11.3 Å². The molecule has 8 heteroatoms. The molecule has 38 heavy (non-hydrogen) atoms. The van der Waals surface area contributed by atoms with Crippen LogP contribution in [0.4, 0.5) is 0 Å². The summed E-state index contributed by atoms with van der Waals surface area (Å²) < 4.78 is 21.7. The Morgan fingerprint density at radius 2 is 1.79 bits per heavy atom. The number of para-hydroxylation sites is 1. The number of esters is 1. The number of hydrogen-bond acceptors (Lipinski definition) is 7. The molecular weight excluding hydrogens is 486 g/mol. The van der Waals surface area contributed by atoms with Gasteiger partial charge in [0.15, 0.2) is 0 Å². The summed E-state index contributed by atoms with van der Waals surface area (Å²) in [5.41, 5.74) is 2.57. The summed E-state index contributed by atoms with van der Waals surface area (Å²) in [5.74, 6) is 0.564. The van der Waals surface area contributed by atoms with Gasteiger partial charge >= 0.3 is 5.97 Å². The van der Waals surface area contributed by atoms with E-state index in [4.69, 9.17) is 18.6 Å². The minimum atomic E-state index is -0.749. The minimum absolute atomic E-state index is 0.0137. The van der Waals surface area contributed by atoms with E-state index in [-0.39, 0.29) is 11.9 Å². The topological polar surface area (TPSA) is 98.4 Å². The van der Waals surface area contributed by atoms with Crippen molar-refractivity contribution in [3.05, 3.63) is 90.1 Å². The largest absolute Gasteiger partial charge is 0.493 e. The lowest BCUT2D eigenvalue weighted by Gasteiger charge is -2.24. The van der Waals surface area contributed by atoms with Crippen molar-refractivity contribution in [1.82, 2.24) is 4.90 Å². The molecule has 3 aromatic rings. The van der Waals surface area contributed by atoms with E-state index in [9.17, 15) is 14.7 Å². The minimum Gasteiger partial charge on any atom is -0.493 e. The average molecular weight is 518 g/mol. The van der Waals surface area contributed by atoms with Gasteiger partial charge in [-0.3, -0.25) is 4.79 Å². The van der Waals surface area contributed by atoms with Crippen molar-refractivity contribution in [2.24, 2.45) is 0 Å². The Balaban J connectivity index is 1.13. The number of carbonyl (C=O) groups is 2. The third-order valence-corrected chi connectivity index (χ3v) is 6.58. The van der Waals surface area contributed by atoms with Crippen LogP contribution in [0.1, 0.15) is 54.4 Å². The van der Waals surface area contributed by atoms with Crippen molar-refractivity contribution in [1.29, 1.82) is 0 Å². The lowest BCUT2D eigenvalue weighted by atomic mass is 10.1. The molecule has 1 aliphatic carbocycles. The molecule has 1 fully saturated rings. The van der Waals surface area contributed by atoms with Gasteiger partial charge in [0.05, 0.1) is 12.9 Å². The predicted molar refractivity (Wildman–Crippen MR) is 139 cm³/mol. The second-order valence-corrected chi connectivity index (χ2v) is 9.49. The molecule has 2 aliphatic rings. The molecule has 0 bridgehead atoms. The first kappa shape index (κ1) is 25.4. The number of aliphatic hydroxyl groups is 1. The predicted octanol–water partition coefficient (Wildman–Crippen LogP) is 5.99. The van der Waals surface area contributed by atoms with Gasteiger partial charge in [-0.15, -0.1) is 0 Å². The monoisotopic (exact) mass is 517 g/mol. The molecule has 1 saturated carbocycles. The highest BCUT2D eigenvalue weighted by molar-refractivity contribution is 5.95. The van der Waals surface area contributed by atoms with E-state index < -0.39 is 18.2 Å². The number of carbonyl (C=O) groups excluding carboxylic acids is 2. The first-order valence-electron chi connectivity index (χ1n) is 13.0. The SMILES string of the molecule is O=C1C=C(O)OC(CCCCCOc2ccccc2CN(C(=O)c2ccc(-c3ccco3)cc2)C2CC2)O1. The summed E-state index contributed by atoms with van der Waals surface area (Å²) in [4.78, 5) is 26.7. The molecule has 8 nitrogen and oxygen atoms in total. The zero-order valence-electron chi connectivity index (χ0n) is 21.1. The van der Waals surface area contributed by atoms with E-state index in [1.165, 1.54) is 0 Å². The number of nitrogens with zero attached hydrogens (tertiary/aromatic N) is 1. The van der Waals surface area contributed by atoms with Crippen molar-refractivity contribution >= 4 is 11.9 Å². The molecular formula is C30H31NO7. The Morgan fingerprint density at radius 3 is 2.53 bits per heavy atom. The van der Waals surface area contributed by atoms with Crippen LogP contribution < -0.4 is 4.74 Å². The summed E-state index contributed by atoms with van der Waals surface area (Å²) in [6.07, 6.45) is 6.74.